The normalized spacial score (nSPS) is 10.9. The minimum Gasteiger partial charge on any atom is -0.362 e. The van der Waals surface area contributed by atoms with E-state index in [2.05, 4.69) is 19.9 Å². The molecule has 8 heteroatoms. The predicted octanol–water partition coefficient (Wildman–Crippen LogP) is 8.72. The van der Waals surface area contributed by atoms with Crippen LogP contribution in [0.5, 0.6) is 0 Å². The molecule has 0 amide bonds. The van der Waals surface area contributed by atoms with Gasteiger partial charge in [0.2, 0.25) is 0 Å². The van der Waals surface area contributed by atoms with Crippen molar-refractivity contribution in [2.45, 2.75) is 13.1 Å². The van der Waals surface area contributed by atoms with Crippen molar-refractivity contribution in [1.82, 2.24) is 15.0 Å². The van der Waals surface area contributed by atoms with Gasteiger partial charge in [-0.3, -0.25) is 0 Å². The maximum atomic E-state index is 14.5. The van der Waals surface area contributed by atoms with Crippen LogP contribution in [0, 0.1) is 17.5 Å². The average Bonchev–Trinajstić information content (AvgIpc) is 3.71. The standard InChI is InChI=1S/C32H25F3N4.ClH/c33-27-10-4-1-7-24(27)30-13-21(16-36-30)19-39(23-15-32(38-18-23)26-9-3-6-12-29(26)35)20-22-14-31(37-17-22)25-8-2-5-11-28(25)34;/h1-18,36-38H,19-20H2;1H. The summed E-state index contributed by atoms with van der Waals surface area (Å²) in [6, 6.07) is 25.7. The highest BCUT2D eigenvalue weighted by Gasteiger charge is 2.16. The summed E-state index contributed by atoms with van der Waals surface area (Å²) in [5.74, 6) is -0.899. The third kappa shape index (κ3) is 5.55. The van der Waals surface area contributed by atoms with Crippen molar-refractivity contribution in [3.63, 3.8) is 0 Å². The monoisotopic (exact) mass is 558 g/mol. The van der Waals surface area contributed by atoms with Crippen LogP contribution in [0.2, 0.25) is 0 Å². The van der Waals surface area contributed by atoms with Crippen molar-refractivity contribution in [2.24, 2.45) is 0 Å². The van der Waals surface area contributed by atoms with Crippen molar-refractivity contribution < 1.29 is 13.2 Å². The number of hydrogen-bond acceptors (Lipinski definition) is 1. The number of anilines is 1. The van der Waals surface area contributed by atoms with Crippen molar-refractivity contribution in [3.05, 3.63) is 138 Å². The maximum Gasteiger partial charge on any atom is 0.132 e. The lowest BCUT2D eigenvalue weighted by atomic mass is 10.1. The Kier molecular flexibility index (Phi) is 7.84. The SMILES string of the molecule is Cl.Fc1ccccc1-c1cc(CN(Cc2c[nH]c(-c3ccccc3F)c2)c2c[nH]c(-c3ccccc3F)c2)c[nH]1. The van der Waals surface area contributed by atoms with Gasteiger partial charge in [0.05, 0.1) is 11.4 Å². The highest BCUT2D eigenvalue weighted by Crippen LogP contribution is 2.30. The Labute approximate surface area is 235 Å². The van der Waals surface area contributed by atoms with Crippen molar-refractivity contribution >= 4 is 18.1 Å². The number of H-pyrrole nitrogens is 3. The lowest BCUT2D eigenvalue weighted by molar-refractivity contribution is 0.630. The van der Waals surface area contributed by atoms with Crippen LogP contribution < -0.4 is 4.90 Å². The molecule has 0 aliphatic rings. The van der Waals surface area contributed by atoms with Crippen LogP contribution in [0.3, 0.4) is 0 Å². The number of benzene rings is 3. The van der Waals surface area contributed by atoms with Crippen LogP contribution in [0.15, 0.2) is 110 Å². The summed E-state index contributed by atoms with van der Waals surface area (Å²) in [7, 11) is 0. The molecule has 0 fully saturated rings. The molecule has 3 heterocycles. The van der Waals surface area contributed by atoms with Crippen LogP contribution in [-0.4, -0.2) is 15.0 Å². The summed E-state index contributed by atoms with van der Waals surface area (Å²) in [6.07, 6.45) is 5.57. The molecular weight excluding hydrogens is 533 g/mol. The van der Waals surface area contributed by atoms with Crippen LogP contribution in [0.1, 0.15) is 11.1 Å². The Morgan fingerprint density at radius 3 is 1.30 bits per heavy atom. The Morgan fingerprint density at radius 1 is 0.500 bits per heavy atom. The molecule has 3 aromatic carbocycles. The molecule has 40 heavy (non-hydrogen) atoms. The Hall–Kier alpha value is -4.62. The quantitative estimate of drug-likeness (QED) is 0.172. The molecule has 3 aromatic heterocycles. The second-order valence-corrected chi connectivity index (χ2v) is 9.41. The molecule has 0 spiro atoms. The van der Waals surface area contributed by atoms with E-state index in [1.165, 1.54) is 18.2 Å². The highest BCUT2D eigenvalue weighted by molar-refractivity contribution is 5.85. The van der Waals surface area contributed by atoms with E-state index in [-0.39, 0.29) is 29.9 Å². The van der Waals surface area contributed by atoms with Crippen LogP contribution in [0.4, 0.5) is 18.9 Å². The Balaban J connectivity index is 0.00000323. The highest BCUT2D eigenvalue weighted by atomic mass is 35.5. The van der Waals surface area contributed by atoms with Gasteiger partial charge in [-0.1, -0.05) is 36.4 Å². The van der Waals surface area contributed by atoms with E-state index in [0.717, 1.165) is 16.8 Å². The van der Waals surface area contributed by atoms with E-state index in [0.29, 0.717) is 46.9 Å². The number of aromatic nitrogens is 3. The number of halogens is 4. The molecule has 3 N–H and O–H groups in total. The van der Waals surface area contributed by atoms with E-state index in [9.17, 15) is 13.2 Å². The summed E-state index contributed by atoms with van der Waals surface area (Å²) in [4.78, 5) is 11.7. The lowest BCUT2D eigenvalue weighted by Crippen LogP contribution is -2.21. The summed E-state index contributed by atoms with van der Waals surface area (Å²) in [5, 5.41) is 0. The minimum absolute atomic E-state index is 0. The van der Waals surface area contributed by atoms with E-state index >= 15 is 0 Å². The topological polar surface area (TPSA) is 50.6 Å². The van der Waals surface area contributed by atoms with Gasteiger partial charge in [0.15, 0.2) is 0 Å². The van der Waals surface area contributed by atoms with E-state index in [1.807, 2.05) is 36.8 Å². The van der Waals surface area contributed by atoms with Crippen molar-refractivity contribution in [1.29, 1.82) is 0 Å². The number of nitrogens with one attached hydrogen (secondary N) is 3. The van der Waals surface area contributed by atoms with Crippen LogP contribution >= 0.6 is 12.4 Å². The zero-order chi connectivity index (χ0) is 26.8. The summed E-state index contributed by atoms with van der Waals surface area (Å²) in [6.45, 7) is 0.999. The fourth-order valence-electron chi connectivity index (χ4n) is 4.81. The smallest absolute Gasteiger partial charge is 0.132 e. The van der Waals surface area contributed by atoms with E-state index < -0.39 is 0 Å². The van der Waals surface area contributed by atoms with Gasteiger partial charge in [-0.05, 0) is 65.7 Å². The Morgan fingerprint density at radius 2 is 0.875 bits per heavy atom. The van der Waals surface area contributed by atoms with E-state index in [1.54, 1.807) is 54.6 Å². The van der Waals surface area contributed by atoms with Crippen molar-refractivity contribution in [2.75, 3.05) is 4.90 Å². The molecule has 0 saturated heterocycles. The van der Waals surface area contributed by atoms with Gasteiger partial charge in [0.1, 0.15) is 17.5 Å². The van der Waals surface area contributed by atoms with Gasteiger partial charge < -0.3 is 19.9 Å². The molecule has 6 aromatic rings. The second-order valence-electron chi connectivity index (χ2n) is 9.41. The predicted molar refractivity (Wildman–Crippen MR) is 156 cm³/mol. The second kappa shape index (κ2) is 11.6. The molecule has 0 radical (unpaired) electrons. The first-order chi connectivity index (χ1) is 19.0. The number of aromatic amines is 3. The van der Waals surface area contributed by atoms with Gasteiger partial charge in [0.25, 0.3) is 0 Å². The van der Waals surface area contributed by atoms with Crippen LogP contribution in [0.25, 0.3) is 33.8 Å². The molecule has 0 aliphatic heterocycles. The molecule has 0 bridgehead atoms. The number of rotatable bonds is 8. The van der Waals surface area contributed by atoms with Crippen LogP contribution in [-0.2, 0) is 13.1 Å². The number of nitrogens with zero attached hydrogens (tertiary/aromatic N) is 1. The van der Waals surface area contributed by atoms with Gasteiger partial charge >= 0.3 is 0 Å². The van der Waals surface area contributed by atoms with Gasteiger partial charge in [-0.25, -0.2) is 13.2 Å². The summed E-state index contributed by atoms with van der Waals surface area (Å²) >= 11 is 0. The summed E-state index contributed by atoms with van der Waals surface area (Å²) < 4.78 is 43.2. The third-order valence-corrected chi connectivity index (χ3v) is 6.76. The van der Waals surface area contributed by atoms with E-state index in [4.69, 9.17) is 0 Å². The molecule has 0 aliphatic carbocycles. The Bertz CT molecular complexity index is 1650. The molecular formula is C32H26ClF3N4. The largest absolute Gasteiger partial charge is 0.362 e. The first-order valence-electron chi connectivity index (χ1n) is 12.6. The third-order valence-electron chi connectivity index (χ3n) is 6.76. The average molecular weight is 559 g/mol. The first kappa shape index (κ1) is 27.0. The van der Waals surface area contributed by atoms with Gasteiger partial charge in [-0.2, -0.15) is 0 Å². The zero-order valence-corrected chi connectivity index (χ0v) is 22.1. The van der Waals surface area contributed by atoms with Gasteiger partial charge in [-0.15, -0.1) is 12.4 Å². The molecule has 202 valence electrons. The lowest BCUT2D eigenvalue weighted by Gasteiger charge is -2.22. The van der Waals surface area contributed by atoms with Crippen molar-refractivity contribution in [3.8, 4) is 33.8 Å². The maximum absolute atomic E-state index is 14.5. The fourth-order valence-corrected chi connectivity index (χ4v) is 4.81. The van der Waals surface area contributed by atoms with Gasteiger partial charge in [0, 0.05) is 59.8 Å². The number of hydrogen-bond donors (Lipinski definition) is 3. The molecule has 6 rings (SSSR count). The minimum atomic E-state index is -0.308. The molecule has 0 unspecified atom stereocenters. The molecule has 0 atom stereocenters. The first-order valence-corrected chi connectivity index (χ1v) is 12.6. The molecule has 0 saturated carbocycles. The molecule has 4 nitrogen and oxygen atoms in total. The summed E-state index contributed by atoms with van der Waals surface area (Å²) in [5.41, 5.74) is 6.28. The zero-order valence-electron chi connectivity index (χ0n) is 21.3. The fraction of sp³-hybridized carbons (Fsp3) is 0.0625.